The smallest absolute Gasteiger partial charge is 0.155 e. The third-order valence-electron chi connectivity index (χ3n) is 4.21. The molecule has 5 heteroatoms. The van der Waals surface area contributed by atoms with Gasteiger partial charge in [0.1, 0.15) is 0 Å². The Kier molecular flexibility index (Phi) is 3.72. The van der Waals surface area contributed by atoms with Crippen molar-refractivity contribution in [1.29, 1.82) is 0 Å². The lowest BCUT2D eigenvalue weighted by atomic mass is 10.1. The third kappa shape index (κ3) is 2.55. The number of aromatic nitrogens is 3. The number of rotatable bonds is 4. The first-order chi connectivity index (χ1) is 9.67. The van der Waals surface area contributed by atoms with Crippen LogP contribution in [0.4, 0.5) is 0 Å². The molecule has 3 rings (SSSR count). The number of hydrogen-bond donors (Lipinski definition) is 1. The zero-order chi connectivity index (χ0) is 14.1. The number of fused-ring (bicyclic) bond motifs is 1. The normalized spacial score (nSPS) is 20.3. The average Bonchev–Trinajstić information content (AvgIpc) is 3.04. The van der Waals surface area contributed by atoms with Crippen molar-refractivity contribution in [2.24, 2.45) is 11.7 Å². The molecular weight excluding hydrogens is 250 g/mol. The molecule has 1 saturated heterocycles. The summed E-state index contributed by atoms with van der Waals surface area (Å²) in [7, 11) is 0. The molecule has 1 aliphatic heterocycles. The van der Waals surface area contributed by atoms with Gasteiger partial charge in [-0.3, -0.25) is 0 Å². The van der Waals surface area contributed by atoms with Crippen molar-refractivity contribution in [1.82, 2.24) is 19.5 Å². The molecule has 0 bridgehead atoms. The quantitative estimate of drug-likeness (QED) is 0.916. The second-order valence-corrected chi connectivity index (χ2v) is 5.97. The molecule has 108 valence electrons. The zero-order valence-corrected chi connectivity index (χ0v) is 12.3. The summed E-state index contributed by atoms with van der Waals surface area (Å²) in [6.07, 6.45) is 2.21. The Bertz CT molecular complexity index is 589. The molecule has 20 heavy (non-hydrogen) atoms. The number of nitrogens with two attached hydrogens (primary N) is 1. The molecule has 2 aromatic heterocycles. The van der Waals surface area contributed by atoms with Crippen molar-refractivity contribution in [3.63, 3.8) is 0 Å². The van der Waals surface area contributed by atoms with Gasteiger partial charge in [-0.05, 0) is 44.9 Å². The highest BCUT2D eigenvalue weighted by atomic mass is 15.3. The third-order valence-corrected chi connectivity index (χ3v) is 4.21. The maximum Gasteiger partial charge on any atom is 0.155 e. The van der Waals surface area contributed by atoms with E-state index in [1.165, 1.54) is 13.0 Å². The lowest BCUT2D eigenvalue weighted by Gasteiger charge is -2.19. The van der Waals surface area contributed by atoms with Gasteiger partial charge in [-0.1, -0.05) is 6.07 Å². The molecule has 2 N–H and O–H groups in total. The Morgan fingerprint density at radius 2 is 2.25 bits per heavy atom. The Labute approximate surface area is 119 Å². The van der Waals surface area contributed by atoms with E-state index in [1.54, 1.807) is 0 Å². The predicted molar refractivity (Wildman–Crippen MR) is 79.4 cm³/mol. The van der Waals surface area contributed by atoms with Crippen molar-refractivity contribution >= 4 is 5.65 Å². The lowest BCUT2D eigenvalue weighted by Crippen LogP contribution is -2.28. The summed E-state index contributed by atoms with van der Waals surface area (Å²) in [5.74, 6) is 1.62. The van der Waals surface area contributed by atoms with Gasteiger partial charge in [-0.25, -0.2) is 9.50 Å². The summed E-state index contributed by atoms with van der Waals surface area (Å²) in [4.78, 5) is 7.17. The fourth-order valence-electron chi connectivity index (χ4n) is 3.00. The molecule has 1 atom stereocenters. The van der Waals surface area contributed by atoms with Crippen LogP contribution in [0.15, 0.2) is 18.2 Å². The van der Waals surface area contributed by atoms with Crippen LogP contribution < -0.4 is 5.73 Å². The monoisotopic (exact) mass is 273 g/mol. The van der Waals surface area contributed by atoms with Crippen LogP contribution in [0.5, 0.6) is 0 Å². The summed E-state index contributed by atoms with van der Waals surface area (Å²) >= 11 is 0. The fraction of sp³-hybridized carbons (Fsp3) is 0.600. The summed E-state index contributed by atoms with van der Waals surface area (Å²) in [6, 6.07) is 6.62. The molecule has 0 aromatic carbocycles. The van der Waals surface area contributed by atoms with E-state index in [0.717, 1.165) is 30.1 Å². The summed E-state index contributed by atoms with van der Waals surface area (Å²) < 4.78 is 1.88. The molecule has 0 aliphatic carbocycles. The van der Waals surface area contributed by atoms with Gasteiger partial charge in [0.05, 0.1) is 5.69 Å². The minimum Gasteiger partial charge on any atom is -0.325 e. The minimum atomic E-state index is 0.491. The lowest BCUT2D eigenvalue weighted by molar-refractivity contribution is 0.264. The Balaban J connectivity index is 1.75. The van der Waals surface area contributed by atoms with Crippen LogP contribution in [0.1, 0.15) is 31.8 Å². The van der Waals surface area contributed by atoms with Crippen molar-refractivity contribution in [3.05, 3.63) is 29.7 Å². The Morgan fingerprint density at radius 3 is 2.95 bits per heavy atom. The van der Waals surface area contributed by atoms with E-state index >= 15 is 0 Å². The van der Waals surface area contributed by atoms with E-state index in [9.17, 15) is 0 Å². The van der Waals surface area contributed by atoms with E-state index in [-0.39, 0.29) is 0 Å². The summed E-state index contributed by atoms with van der Waals surface area (Å²) in [5.41, 5.74) is 7.66. The molecule has 0 radical (unpaired) electrons. The van der Waals surface area contributed by atoms with Crippen molar-refractivity contribution < 1.29 is 0 Å². The number of pyridine rings is 1. The Morgan fingerprint density at radius 1 is 1.40 bits per heavy atom. The second-order valence-electron chi connectivity index (χ2n) is 5.97. The van der Waals surface area contributed by atoms with E-state index in [1.807, 2.05) is 22.7 Å². The first-order valence-electron chi connectivity index (χ1n) is 7.45. The molecule has 3 heterocycles. The molecule has 1 aliphatic rings. The number of hydrogen-bond acceptors (Lipinski definition) is 4. The topological polar surface area (TPSA) is 59.5 Å². The summed E-state index contributed by atoms with van der Waals surface area (Å²) in [6.45, 7) is 7.38. The van der Waals surface area contributed by atoms with Crippen molar-refractivity contribution in [2.75, 3.05) is 13.1 Å². The van der Waals surface area contributed by atoms with Crippen molar-refractivity contribution in [2.45, 2.75) is 39.3 Å². The standard InChI is InChI=1S/C15H23N5/c1-11(2)19-7-6-12(10-19)8-14-17-15-5-3-4-13(9-16)20(15)18-14/h3-5,11-12H,6-10,16H2,1-2H3. The van der Waals surface area contributed by atoms with E-state index < -0.39 is 0 Å². The maximum atomic E-state index is 5.74. The predicted octanol–water partition coefficient (Wildman–Crippen LogP) is 1.46. The van der Waals surface area contributed by atoms with Crippen molar-refractivity contribution in [3.8, 4) is 0 Å². The molecule has 2 aromatic rings. The van der Waals surface area contributed by atoms with Gasteiger partial charge in [0, 0.05) is 25.6 Å². The number of likely N-dealkylation sites (tertiary alicyclic amines) is 1. The van der Waals surface area contributed by atoms with Crippen LogP contribution in [-0.4, -0.2) is 38.6 Å². The van der Waals surface area contributed by atoms with Crippen LogP contribution in [-0.2, 0) is 13.0 Å². The molecule has 0 spiro atoms. The highest BCUT2D eigenvalue weighted by Gasteiger charge is 2.25. The van der Waals surface area contributed by atoms with Gasteiger partial charge in [0.15, 0.2) is 11.5 Å². The average molecular weight is 273 g/mol. The largest absolute Gasteiger partial charge is 0.325 e. The molecular formula is C15H23N5. The van der Waals surface area contributed by atoms with Gasteiger partial charge in [0.25, 0.3) is 0 Å². The van der Waals surface area contributed by atoms with Gasteiger partial charge in [-0.2, -0.15) is 5.10 Å². The molecule has 0 saturated carbocycles. The Hall–Kier alpha value is -1.46. The zero-order valence-electron chi connectivity index (χ0n) is 12.3. The van der Waals surface area contributed by atoms with Gasteiger partial charge < -0.3 is 10.6 Å². The van der Waals surface area contributed by atoms with Gasteiger partial charge in [0.2, 0.25) is 0 Å². The number of nitrogens with zero attached hydrogens (tertiary/aromatic N) is 4. The fourth-order valence-corrected chi connectivity index (χ4v) is 3.00. The maximum absolute atomic E-state index is 5.74. The highest BCUT2D eigenvalue weighted by Crippen LogP contribution is 2.21. The molecule has 0 amide bonds. The van der Waals surface area contributed by atoms with E-state index in [4.69, 9.17) is 5.73 Å². The molecule has 1 fully saturated rings. The van der Waals surface area contributed by atoms with Gasteiger partial charge in [-0.15, -0.1) is 0 Å². The van der Waals surface area contributed by atoms with Crippen LogP contribution in [0, 0.1) is 5.92 Å². The van der Waals surface area contributed by atoms with Crippen LogP contribution in [0.25, 0.3) is 5.65 Å². The SMILES string of the molecule is CC(C)N1CCC(Cc2nc3cccc(CN)n3n2)C1. The van der Waals surface area contributed by atoms with E-state index in [0.29, 0.717) is 18.5 Å². The first kappa shape index (κ1) is 13.5. The minimum absolute atomic E-state index is 0.491. The molecule has 1 unspecified atom stereocenters. The molecule has 5 nitrogen and oxygen atoms in total. The first-order valence-corrected chi connectivity index (χ1v) is 7.45. The van der Waals surface area contributed by atoms with E-state index in [2.05, 4.69) is 28.8 Å². The highest BCUT2D eigenvalue weighted by molar-refractivity contribution is 5.38. The van der Waals surface area contributed by atoms with Gasteiger partial charge >= 0.3 is 0 Å². The summed E-state index contributed by atoms with van der Waals surface area (Å²) in [5, 5.41) is 4.62. The van der Waals surface area contributed by atoms with Crippen LogP contribution in [0.3, 0.4) is 0 Å². The van der Waals surface area contributed by atoms with Crippen LogP contribution >= 0.6 is 0 Å². The second kappa shape index (κ2) is 5.50. The van der Waals surface area contributed by atoms with Crippen LogP contribution in [0.2, 0.25) is 0 Å².